The van der Waals surface area contributed by atoms with E-state index < -0.39 is 5.60 Å². The summed E-state index contributed by atoms with van der Waals surface area (Å²) in [6.45, 7) is 3.85. The van der Waals surface area contributed by atoms with Gasteiger partial charge in [-0.2, -0.15) is 15.1 Å². The lowest BCUT2D eigenvalue weighted by Crippen LogP contribution is -2.18. The number of fused-ring (bicyclic) bond motifs is 1. The average molecular weight is 350 g/mol. The van der Waals surface area contributed by atoms with Gasteiger partial charge in [-0.25, -0.2) is 9.67 Å². The molecule has 0 bridgehead atoms. The predicted molar refractivity (Wildman–Crippen MR) is 95.4 cm³/mol. The first-order valence-corrected chi connectivity index (χ1v) is 8.09. The van der Waals surface area contributed by atoms with Crippen molar-refractivity contribution in [1.82, 2.24) is 34.3 Å². The molecule has 4 aromatic heterocycles. The van der Waals surface area contributed by atoms with E-state index in [-0.39, 0.29) is 5.95 Å². The normalized spacial score (nSPS) is 12.0. The zero-order chi connectivity index (χ0) is 18.3. The molecule has 0 saturated heterocycles. The smallest absolute Gasteiger partial charge is 0.224 e. The zero-order valence-electron chi connectivity index (χ0n) is 14.4. The molecule has 4 heterocycles. The van der Waals surface area contributed by atoms with E-state index in [1.54, 1.807) is 49.4 Å². The minimum atomic E-state index is -1.01. The van der Waals surface area contributed by atoms with Gasteiger partial charge < -0.3 is 15.4 Å². The summed E-state index contributed by atoms with van der Waals surface area (Å²) in [5.41, 5.74) is 7.45. The number of aliphatic hydroxyl groups is 1. The molecular weight excluding hydrogens is 332 g/mol. The third kappa shape index (κ3) is 2.88. The van der Waals surface area contributed by atoms with Gasteiger partial charge in [0.25, 0.3) is 0 Å². The van der Waals surface area contributed by atoms with Gasteiger partial charge >= 0.3 is 0 Å². The van der Waals surface area contributed by atoms with Gasteiger partial charge in [-0.3, -0.25) is 4.98 Å². The summed E-state index contributed by atoms with van der Waals surface area (Å²) in [6, 6.07) is 7.35. The average Bonchev–Trinajstić information content (AvgIpc) is 3.24. The van der Waals surface area contributed by atoms with Gasteiger partial charge in [0.05, 0.1) is 24.3 Å². The van der Waals surface area contributed by atoms with Crippen LogP contribution in [0.25, 0.3) is 17.0 Å². The molecule has 0 aromatic carbocycles. The number of hydrogen-bond acceptors (Lipinski definition) is 7. The first-order chi connectivity index (χ1) is 12.4. The summed E-state index contributed by atoms with van der Waals surface area (Å²) < 4.78 is 3.45. The van der Waals surface area contributed by atoms with Crippen molar-refractivity contribution in [3.63, 3.8) is 0 Å². The van der Waals surface area contributed by atoms with E-state index in [1.807, 2.05) is 16.7 Å². The molecule has 0 spiro atoms. The van der Waals surface area contributed by atoms with Crippen molar-refractivity contribution in [2.75, 3.05) is 5.73 Å². The Hall–Kier alpha value is -3.33. The van der Waals surface area contributed by atoms with Crippen LogP contribution in [0.2, 0.25) is 0 Å². The lowest BCUT2D eigenvalue weighted by Gasteiger charge is -2.17. The first-order valence-electron chi connectivity index (χ1n) is 8.09. The van der Waals surface area contributed by atoms with Crippen LogP contribution in [0.3, 0.4) is 0 Å². The number of hydrogen-bond donors (Lipinski definition) is 2. The van der Waals surface area contributed by atoms with Crippen LogP contribution >= 0.6 is 0 Å². The van der Waals surface area contributed by atoms with Crippen molar-refractivity contribution in [1.29, 1.82) is 0 Å². The monoisotopic (exact) mass is 350 g/mol. The quantitative estimate of drug-likeness (QED) is 0.568. The lowest BCUT2D eigenvalue weighted by molar-refractivity contribution is 0.0736. The number of pyridine rings is 1. The van der Waals surface area contributed by atoms with Gasteiger partial charge in [-0.1, -0.05) is 6.07 Å². The van der Waals surface area contributed by atoms with E-state index in [2.05, 4.69) is 25.0 Å². The van der Waals surface area contributed by atoms with Gasteiger partial charge in [-0.15, -0.1) is 0 Å². The van der Waals surface area contributed by atoms with Crippen LogP contribution in [0, 0.1) is 0 Å². The predicted octanol–water partition coefficient (Wildman–Crippen LogP) is 1.26. The molecule has 0 saturated carbocycles. The number of nitrogens with two attached hydrogens (primary N) is 1. The number of nitrogens with zero attached hydrogens (tertiary/aromatic N) is 7. The highest BCUT2D eigenvalue weighted by Gasteiger charge is 2.19. The van der Waals surface area contributed by atoms with Crippen molar-refractivity contribution >= 4 is 17.1 Å². The topological polar surface area (TPSA) is 121 Å². The third-order valence-electron chi connectivity index (χ3n) is 3.95. The fourth-order valence-electron chi connectivity index (χ4n) is 2.70. The Balaban J connectivity index is 1.77. The largest absolute Gasteiger partial charge is 0.384 e. The number of aromatic nitrogens is 7. The summed E-state index contributed by atoms with van der Waals surface area (Å²) in [7, 11) is 0. The van der Waals surface area contributed by atoms with Crippen molar-refractivity contribution in [3.05, 3.63) is 54.4 Å². The van der Waals surface area contributed by atoms with Crippen molar-refractivity contribution in [3.8, 4) is 5.82 Å². The lowest BCUT2D eigenvalue weighted by atomic mass is 10.0. The van der Waals surface area contributed by atoms with Gasteiger partial charge in [0, 0.05) is 12.4 Å². The molecule has 4 aromatic rings. The van der Waals surface area contributed by atoms with E-state index in [0.717, 1.165) is 5.69 Å². The Bertz CT molecular complexity index is 1060. The molecule has 9 heteroatoms. The molecule has 0 radical (unpaired) electrons. The van der Waals surface area contributed by atoms with Gasteiger partial charge in [0.1, 0.15) is 5.60 Å². The first kappa shape index (κ1) is 16.2. The molecule has 26 heavy (non-hydrogen) atoms. The fourth-order valence-corrected chi connectivity index (χ4v) is 2.70. The van der Waals surface area contributed by atoms with Gasteiger partial charge in [0.15, 0.2) is 17.0 Å². The Morgan fingerprint density at radius 1 is 1.15 bits per heavy atom. The second kappa shape index (κ2) is 5.88. The maximum atomic E-state index is 10.2. The summed E-state index contributed by atoms with van der Waals surface area (Å²) in [5.74, 6) is 0.664. The molecule has 0 aliphatic heterocycles. The summed E-state index contributed by atoms with van der Waals surface area (Å²) >= 11 is 0. The Kier molecular flexibility index (Phi) is 3.66. The molecule has 0 atom stereocenters. The number of nitrogen functional groups attached to an aromatic ring is 1. The van der Waals surface area contributed by atoms with Crippen LogP contribution in [0.15, 0.2) is 43.0 Å². The van der Waals surface area contributed by atoms with Crippen LogP contribution in [0.4, 0.5) is 5.95 Å². The molecule has 0 aliphatic carbocycles. The van der Waals surface area contributed by atoms with Crippen LogP contribution in [0.1, 0.15) is 25.2 Å². The Labute approximate surface area is 149 Å². The molecule has 3 N–H and O–H groups in total. The van der Waals surface area contributed by atoms with E-state index in [4.69, 9.17) is 5.73 Å². The summed E-state index contributed by atoms with van der Waals surface area (Å²) in [4.78, 5) is 17.5. The van der Waals surface area contributed by atoms with Gasteiger partial charge in [0.2, 0.25) is 5.95 Å². The van der Waals surface area contributed by atoms with Crippen molar-refractivity contribution < 1.29 is 5.11 Å². The minimum absolute atomic E-state index is 0.142. The third-order valence-corrected chi connectivity index (χ3v) is 3.95. The Morgan fingerprint density at radius 2 is 2.00 bits per heavy atom. The molecular formula is C17H18N8O. The zero-order valence-corrected chi connectivity index (χ0v) is 14.4. The highest BCUT2D eigenvalue weighted by molar-refractivity contribution is 5.79. The molecule has 0 amide bonds. The molecule has 132 valence electrons. The van der Waals surface area contributed by atoms with Crippen molar-refractivity contribution in [2.24, 2.45) is 0 Å². The van der Waals surface area contributed by atoms with Crippen molar-refractivity contribution in [2.45, 2.75) is 26.0 Å². The minimum Gasteiger partial charge on any atom is -0.384 e. The van der Waals surface area contributed by atoms with Crippen LogP contribution in [-0.2, 0) is 12.1 Å². The molecule has 0 aliphatic rings. The van der Waals surface area contributed by atoms with E-state index in [1.165, 1.54) is 0 Å². The van der Waals surface area contributed by atoms with Crippen LogP contribution in [0.5, 0.6) is 0 Å². The Morgan fingerprint density at radius 3 is 2.73 bits per heavy atom. The molecule has 9 nitrogen and oxygen atoms in total. The van der Waals surface area contributed by atoms with E-state index in [9.17, 15) is 5.11 Å². The van der Waals surface area contributed by atoms with E-state index >= 15 is 0 Å². The number of imidazole rings is 1. The molecule has 0 unspecified atom stereocenters. The van der Waals surface area contributed by atoms with Gasteiger partial charge in [-0.05, 0) is 32.0 Å². The van der Waals surface area contributed by atoms with E-state index in [0.29, 0.717) is 29.2 Å². The fraction of sp³-hybridized carbons (Fsp3) is 0.235. The summed E-state index contributed by atoms with van der Waals surface area (Å²) in [6.07, 6.45) is 5.10. The maximum absolute atomic E-state index is 10.2. The highest BCUT2D eigenvalue weighted by Crippen LogP contribution is 2.21. The number of rotatable bonds is 4. The molecule has 0 fully saturated rings. The second-order valence-corrected chi connectivity index (χ2v) is 6.47. The molecule has 4 rings (SSSR count). The summed E-state index contributed by atoms with van der Waals surface area (Å²) in [5, 5.41) is 14.4. The standard InChI is InChI=1S/C17H18N8O/c1-17(2,26)12-6-3-5-11(21-12)9-24-10-19-13-14(24)22-16(18)23-15(13)25-8-4-7-20-25/h3-8,10,26H,9H2,1-2H3,(H2,18,22,23). The number of anilines is 1. The second-order valence-electron chi connectivity index (χ2n) is 6.47. The maximum Gasteiger partial charge on any atom is 0.224 e. The van der Waals surface area contributed by atoms with Crippen LogP contribution in [-0.4, -0.2) is 39.4 Å². The SMILES string of the molecule is CC(C)(O)c1cccc(Cn2cnc3c(-n4cccn4)nc(N)nc32)n1. The van der Waals surface area contributed by atoms with Crippen LogP contribution < -0.4 is 5.73 Å². The highest BCUT2D eigenvalue weighted by atomic mass is 16.3.